The van der Waals surface area contributed by atoms with E-state index in [1.165, 1.54) is 0 Å². The molecule has 0 radical (unpaired) electrons. The molecule has 4 aromatic rings. The SMILES string of the molecule is Cc1nc2c3ccccc3nc(SCC(=O)Nc3cc(F)ccc3F)n2n1. The Kier molecular flexibility index (Phi) is 4.44. The zero-order chi connectivity index (χ0) is 19.0. The average Bonchev–Trinajstić information content (AvgIpc) is 3.04. The number of fused-ring (bicyclic) bond motifs is 3. The molecule has 9 heteroatoms. The van der Waals surface area contributed by atoms with Gasteiger partial charge in [0.05, 0.1) is 17.0 Å². The summed E-state index contributed by atoms with van der Waals surface area (Å²) < 4.78 is 28.5. The molecule has 27 heavy (non-hydrogen) atoms. The molecule has 0 saturated carbocycles. The molecular formula is C18H13F2N5OS. The minimum absolute atomic E-state index is 0.0463. The van der Waals surface area contributed by atoms with Crippen molar-refractivity contribution in [2.75, 3.05) is 11.1 Å². The van der Waals surface area contributed by atoms with E-state index >= 15 is 0 Å². The molecule has 0 atom stereocenters. The normalized spacial score (nSPS) is 11.2. The molecule has 0 spiro atoms. The molecule has 0 aliphatic rings. The van der Waals surface area contributed by atoms with Crippen LogP contribution >= 0.6 is 11.8 Å². The van der Waals surface area contributed by atoms with Gasteiger partial charge in [0.25, 0.3) is 0 Å². The van der Waals surface area contributed by atoms with Gasteiger partial charge in [-0.2, -0.15) is 4.52 Å². The Hall–Kier alpha value is -3.07. The predicted octanol–water partition coefficient (Wildman–Crippen LogP) is 3.59. The van der Waals surface area contributed by atoms with Crippen molar-refractivity contribution >= 4 is 39.9 Å². The fourth-order valence-electron chi connectivity index (χ4n) is 2.64. The van der Waals surface area contributed by atoms with E-state index in [1.807, 2.05) is 24.3 Å². The monoisotopic (exact) mass is 385 g/mol. The second-order valence-electron chi connectivity index (χ2n) is 5.77. The van der Waals surface area contributed by atoms with Crippen LogP contribution in [-0.4, -0.2) is 31.2 Å². The van der Waals surface area contributed by atoms with E-state index in [0.717, 1.165) is 40.9 Å². The number of hydrogen-bond acceptors (Lipinski definition) is 5. The zero-order valence-corrected chi connectivity index (χ0v) is 14.9. The number of aromatic nitrogens is 4. The van der Waals surface area contributed by atoms with Crippen LogP contribution in [0.4, 0.5) is 14.5 Å². The fourth-order valence-corrected chi connectivity index (χ4v) is 3.38. The molecule has 4 rings (SSSR count). The summed E-state index contributed by atoms with van der Waals surface area (Å²) in [5.74, 6) is -1.27. The molecular weight excluding hydrogens is 372 g/mol. The van der Waals surface area contributed by atoms with Crippen LogP contribution < -0.4 is 5.32 Å². The van der Waals surface area contributed by atoms with Gasteiger partial charge in [-0.3, -0.25) is 4.79 Å². The number of thioether (sulfide) groups is 1. The number of carbonyl (C=O) groups excluding carboxylic acids is 1. The van der Waals surface area contributed by atoms with Crippen LogP contribution in [0.3, 0.4) is 0 Å². The minimum Gasteiger partial charge on any atom is -0.323 e. The molecule has 0 aliphatic heterocycles. The van der Waals surface area contributed by atoms with Gasteiger partial charge in [-0.05, 0) is 31.2 Å². The summed E-state index contributed by atoms with van der Waals surface area (Å²) >= 11 is 1.14. The maximum absolute atomic E-state index is 13.7. The molecule has 0 fully saturated rings. The third-order valence-electron chi connectivity index (χ3n) is 3.79. The van der Waals surface area contributed by atoms with Gasteiger partial charge in [-0.15, -0.1) is 5.10 Å². The molecule has 2 aromatic carbocycles. The van der Waals surface area contributed by atoms with Gasteiger partial charge in [-0.25, -0.2) is 18.7 Å². The lowest BCUT2D eigenvalue weighted by Crippen LogP contribution is -2.16. The lowest BCUT2D eigenvalue weighted by Gasteiger charge is -2.08. The van der Waals surface area contributed by atoms with E-state index in [4.69, 9.17) is 0 Å². The largest absolute Gasteiger partial charge is 0.323 e. The highest BCUT2D eigenvalue weighted by atomic mass is 32.2. The first kappa shape index (κ1) is 17.3. The number of nitrogens with zero attached hydrogens (tertiary/aromatic N) is 4. The van der Waals surface area contributed by atoms with Crippen molar-refractivity contribution in [2.45, 2.75) is 12.1 Å². The topological polar surface area (TPSA) is 72.2 Å². The molecule has 2 aromatic heterocycles. The minimum atomic E-state index is -0.701. The summed E-state index contributed by atoms with van der Waals surface area (Å²) in [6.45, 7) is 1.77. The number of anilines is 1. The third kappa shape index (κ3) is 3.45. The molecule has 2 heterocycles. The second-order valence-corrected chi connectivity index (χ2v) is 6.71. The van der Waals surface area contributed by atoms with Gasteiger partial charge in [0.2, 0.25) is 5.91 Å². The Morgan fingerprint density at radius 1 is 1.19 bits per heavy atom. The Morgan fingerprint density at radius 3 is 2.85 bits per heavy atom. The van der Waals surface area contributed by atoms with Gasteiger partial charge in [0.15, 0.2) is 10.8 Å². The molecule has 0 saturated heterocycles. The van der Waals surface area contributed by atoms with Crippen molar-refractivity contribution in [1.82, 2.24) is 19.6 Å². The van der Waals surface area contributed by atoms with E-state index < -0.39 is 17.5 Å². The predicted molar refractivity (Wildman–Crippen MR) is 98.7 cm³/mol. The number of para-hydroxylation sites is 1. The first-order chi connectivity index (χ1) is 13.0. The Morgan fingerprint density at radius 2 is 2.00 bits per heavy atom. The third-order valence-corrected chi connectivity index (χ3v) is 4.72. The van der Waals surface area contributed by atoms with Crippen LogP contribution in [0.2, 0.25) is 0 Å². The summed E-state index contributed by atoms with van der Waals surface area (Å²) in [6.07, 6.45) is 0. The molecule has 1 N–H and O–H groups in total. The van der Waals surface area contributed by atoms with Gasteiger partial charge in [0.1, 0.15) is 17.5 Å². The summed E-state index contributed by atoms with van der Waals surface area (Å²) in [5.41, 5.74) is 1.18. The highest BCUT2D eigenvalue weighted by molar-refractivity contribution is 7.99. The molecule has 0 unspecified atom stereocenters. The first-order valence-corrected chi connectivity index (χ1v) is 8.99. The van der Waals surface area contributed by atoms with Crippen LogP contribution in [0.5, 0.6) is 0 Å². The second kappa shape index (κ2) is 6.92. The maximum Gasteiger partial charge on any atom is 0.234 e. The Bertz CT molecular complexity index is 1180. The Labute approximate surface area is 156 Å². The number of nitrogens with one attached hydrogen (secondary N) is 1. The lowest BCUT2D eigenvalue weighted by molar-refractivity contribution is -0.113. The summed E-state index contributed by atoms with van der Waals surface area (Å²) in [7, 11) is 0. The number of rotatable bonds is 4. The van der Waals surface area contributed by atoms with E-state index in [2.05, 4.69) is 20.4 Å². The summed E-state index contributed by atoms with van der Waals surface area (Å²) in [5, 5.41) is 8.04. The van der Waals surface area contributed by atoms with Gasteiger partial charge < -0.3 is 5.32 Å². The number of hydrogen-bond donors (Lipinski definition) is 1. The van der Waals surface area contributed by atoms with Crippen molar-refractivity contribution in [2.24, 2.45) is 0 Å². The van der Waals surface area contributed by atoms with E-state index in [0.29, 0.717) is 16.6 Å². The van der Waals surface area contributed by atoms with E-state index in [9.17, 15) is 13.6 Å². The quantitative estimate of drug-likeness (QED) is 0.429. The van der Waals surface area contributed by atoms with E-state index in [1.54, 1.807) is 11.4 Å². The van der Waals surface area contributed by atoms with Gasteiger partial charge >= 0.3 is 0 Å². The van der Waals surface area contributed by atoms with Crippen LogP contribution in [0.25, 0.3) is 16.6 Å². The molecule has 6 nitrogen and oxygen atoms in total. The number of aryl methyl sites for hydroxylation is 1. The van der Waals surface area contributed by atoms with Gasteiger partial charge in [-0.1, -0.05) is 23.9 Å². The zero-order valence-electron chi connectivity index (χ0n) is 14.1. The number of halogens is 2. The average molecular weight is 385 g/mol. The molecule has 0 aliphatic carbocycles. The standard InChI is InChI=1S/C18H13F2N5OS/c1-10-21-17-12-4-2-3-5-14(12)23-18(25(17)24-10)27-9-16(26)22-15-8-11(19)6-7-13(15)20/h2-8H,9H2,1H3,(H,22,26). The Balaban J connectivity index is 1.59. The lowest BCUT2D eigenvalue weighted by atomic mass is 10.2. The highest BCUT2D eigenvalue weighted by Gasteiger charge is 2.14. The molecule has 1 amide bonds. The first-order valence-electron chi connectivity index (χ1n) is 8.01. The molecule has 0 bridgehead atoms. The fraction of sp³-hybridized carbons (Fsp3) is 0.111. The summed E-state index contributed by atoms with van der Waals surface area (Å²) in [6, 6.07) is 10.4. The van der Waals surface area contributed by atoms with Crippen LogP contribution in [0.1, 0.15) is 5.82 Å². The van der Waals surface area contributed by atoms with Crippen LogP contribution in [0, 0.1) is 18.6 Å². The van der Waals surface area contributed by atoms with Crippen molar-refractivity contribution in [3.05, 3.63) is 59.9 Å². The van der Waals surface area contributed by atoms with Crippen molar-refractivity contribution < 1.29 is 13.6 Å². The smallest absolute Gasteiger partial charge is 0.234 e. The van der Waals surface area contributed by atoms with E-state index in [-0.39, 0.29) is 11.4 Å². The number of benzene rings is 2. The highest BCUT2D eigenvalue weighted by Crippen LogP contribution is 2.24. The number of carbonyl (C=O) groups is 1. The maximum atomic E-state index is 13.7. The van der Waals surface area contributed by atoms with Crippen molar-refractivity contribution in [3.8, 4) is 0 Å². The molecule has 136 valence electrons. The summed E-state index contributed by atoms with van der Waals surface area (Å²) in [4.78, 5) is 21.1. The van der Waals surface area contributed by atoms with Crippen LogP contribution in [-0.2, 0) is 4.79 Å². The van der Waals surface area contributed by atoms with Crippen molar-refractivity contribution in [3.63, 3.8) is 0 Å². The van der Waals surface area contributed by atoms with Crippen LogP contribution in [0.15, 0.2) is 47.6 Å². The number of amides is 1. The van der Waals surface area contributed by atoms with Crippen molar-refractivity contribution in [1.29, 1.82) is 0 Å². The van der Waals surface area contributed by atoms with Gasteiger partial charge in [0, 0.05) is 11.5 Å².